The zero-order chi connectivity index (χ0) is 19.5. The van der Waals surface area contributed by atoms with Crippen LogP contribution in [0.3, 0.4) is 0 Å². The van der Waals surface area contributed by atoms with E-state index in [4.69, 9.17) is 9.47 Å². The Morgan fingerprint density at radius 1 is 1.19 bits per heavy atom. The van der Waals surface area contributed by atoms with Gasteiger partial charge in [0.1, 0.15) is 6.61 Å². The number of amides is 1. The molecular weight excluding hydrogens is 340 g/mol. The number of hydrogen-bond acceptors (Lipinski definition) is 4. The first-order chi connectivity index (χ1) is 12.8. The Balaban J connectivity index is 1.26. The van der Waals surface area contributed by atoms with Gasteiger partial charge in [0.2, 0.25) is 0 Å². The normalized spacial score (nSPS) is 28.3. The number of carbonyl (C=O) groups is 1. The highest BCUT2D eigenvalue weighted by Crippen LogP contribution is 2.66. The molecule has 0 saturated heterocycles. The molecule has 2 N–H and O–H groups in total. The molecule has 5 heteroatoms. The fourth-order valence-electron chi connectivity index (χ4n) is 4.86. The van der Waals surface area contributed by atoms with Crippen molar-refractivity contribution in [1.29, 1.82) is 0 Å². The van der Waals surface area contributed by atoms with Crippen LogP contribution in [0.1, 0.15) is 45.6 Å². The zero-order valence-corrected chi connectivity index (χ0v) is 17.1. The maximum absolute atomic E-state index is 11.8. The Hall–Kier alpha value is -1.59. The number of anilines is 1. The lowest BCUT2D eigenvalue weighted by molar-refractivity contribution is -0.0450. The van der Waals surface area contributed by atoms with Crippen molar-refractivity contribution in [3.8, 4) is 0 Å². The standard InChI is InChI=1S/C22H34N2O3/c1-16-7-5-6-8-18(16)24-20(25)27-14-12-23-11-13-26-19-15-17-9-10-22(19,4)21(17,2)3/h5-8,17,19,23H,9-15H2,1-4H3,(H,24,25)/t17-,19+,22+/m0/s1. The summed E-state index contributed by atoms with van der Waals surface area (Å²) in [6.07, 6.45) is 3.80. The summed E-state index contributed by atoms with van der Waals surface area (Å²) in [6, 6.07) is 7.65. The van der Waals surface area contributed by atoms with Gasteiger partial charge < -0.3 is 14.8 Å². The number of carbonyl (C=O) groups excluding carboxylic acids is 1. The maximum Gasteiger partial charge on any atom is 0.411 e. The number of para-hydroxylation sites is 1. The molecule has 0 aromatic heterocycles. The van der Waals surface area contributed by atoms with Crippen molar-refractivity contribution in [2.24, 2.45) is 16.7 Å². The third-order valence-electron chi connectivity index (χ3n) is 7.21. The van der Waals surface area contributed by atoms with Crippen LogP contribution >= 0.6 is 0 Å². The first-order valence-corrected chi connectivity index (χ1v) is 10.2. The van der Waals surface area contributed by atoms with Crippen LogP contribution in [0.25, 0.3) is 0 Å². The molecule has 2 saturated carbocycles. The van der Waals surface area contributed by atoms with Crippen molar-refractivity contribution in [2.75, 3.05) is 31.6 Å². The van der Waals surface area contributed by atoms with Crippen LogP contribution in [0.5, 0.6) is 0 Å². The molecule has 1 aromatic carbocycles. The lowest BCUT2D eigenvalue weighted by Gasteiger charge is -2.38. The van der Waals surface area contributed by atoms with Gasteiger partial charge in [0.05, 0.1) is 12.7 Å². The van der Waals surface area contributed by atoms with E-state index in [2.05, 4.69) is 31.4 Å². The lowest BCUT2D eigenvalue weighted by atomic mass is 9.70. The molecule has 3 rings (SSSR count). The van der Waals surface area contributed by atoms with E-state index in [9.17, 15) is 4.79 Å². The predicted molar refractivity (Wildman–Crippen MR) is 108 cm³/mol. The molecule has 27 heavy (non-hydrogen) atoms. The number of hydrogen-bond donors (Lipinski definition) is 2. The second kappa shape index (κ2) is 8.19. The lowest BCUT2D eigenvalue weighted by Crippen LogP contribution is -2.38. The van der Waals surface area contributed by atoms with Crippen molar-refractivity contribution < 1.29 is 14.3 Å². The molecule has 0 aliphatic heterocycles. The smallest absolute Gasteiger partial charge is 0.411 e. The van der Waals surface area contributed by atoms with E-state index in [-0.39, 0.29) is 0 Å². The maximum atomic E-state index is 11.8. The van der Waals surface area contributed by atoms with Gasteiger partial charge in [-0.3, -0.25) is 5.32 Å². The molecule has 0 unspecified atom stereocenters. The molecule has 0 spiro atoms. The summed E-state index contributed by atoms with van der Waals surface area (Å²) in [5.41, 5.74) is 2.51. The molecule has 2 bridgehead atoms. The number of nitrogens with one attached hydrogen (secondary N) is 2. The van der Waals surface area contributed by atoms with E-state index in [0.29, 0.717) is 36.7 Å². The van der Waals surface area contributed by atoms with Crippen LogP contribution in [0.4, 0.5) is 10.5 Å². The van der Waals surface area contributed by atoms with Gasteiger partial charge in [-0.15, -0.1) is 0 Å². The molecule has 1 amide bonds. The fourth-order valence-corrected chi connectivity index (χ4v) is 4.86. The van der Waals surface area contributed by atoms with Crippen molar-refractivity contribution in [3.63, 3.8) is 0 Å². The van der Waals surface area contributed by atoms with Gasteiger partial charge in [-0.05, 0) is 54.6 Å². The quantitative estimate of drug-likeness (QED) is 0.664. The Bertz CT molecular complexity index is 661. The van der Waals surface area contributed by atoms with Gasteiger partial charge in [0, 0.05) is 18.8 Å². The van der Waals surface area contributed by atoms with Gasteiger partial charge in [-0.2, -0.15) is 0 Å². The van der Waals surface area contributed by atoms with Crippen LogP contribution < -0.4 is 10.6 Å². The number of aryl methyl sites for hydroxylation is 1. The van der Waals surface area contributed by atoms with Crippen molar-refractivity contribution >= 4 is 11.8 Å². The summed E-state index contributed by atoms with van der Waals surface area (Å²) in [5.74, 6) is 0.806. The van der Waals surface area contributed by atoms with Gasteiger partial charge in [-0.25, -0.2) is 4.79 Å². The third kappa shape index (κ3) is 4.14. The van der Waals surface area contributed by atoms with E-state index in [1.165, 1.54) is 19.3 Å². The van der Waals surface area contributed by atoms with E-state index in [0.717, 1.165) is 23.7 Å². The second-order valence-electron chi connectivity index (χ2n) is 8.80. The summed E-state index contributed by atoms with van der Waals surface area (Å²) in [7, 11) is 0. The minimum Gasteiger partial charge on any atom is -0.448 e. The number of benzene rings is 1. The second-order valence-corrected chi connectivity index (χ2v) is 8.80. The molecule has 0 heterocycles. The molecule has 2 fully saturated rings. The first-order valence-electron chi connectivity index (χ1n) is 10.2. The Kier molecular flexibility index (Phi) is 6.11. The molecular formula is C22H34N2O3. The van der Waals surface area contributed by atoms with E-state index in [1.54, 1.807) is 0 Å². The fraction of sp³-hybridized carbons (Fsp3) is 0.682. The average molecular weight is 375 g/mol. The van der Waals surface area contributed by atoms with Crippen molar-refractivity contribution in [3.05, 3.63) is 29.8 Å². The highest BCUT2D eigenvalue weighted by Gasteiger charge is 2.61. The molecule has 5 nitrogen and oxygen atoms in total. The largest absolute Gasteiger partial charge is 0.448 e. The summed E-state index contributed by atoms with van der Waals surface area (Å²) in [5, 5.41) is 6.05. The van der Waals surface area contributed by atoms with Crippen molar-refractivity contribution in [1.82, 2.24) is 5.32 Å². The third-order valence-corrected chi connectivity index (χ3v) is 7.21. The highest BCUT2D eigenvalue weighted by molar-refractivity contribution is 5.85. The topological polar surface area (TPSA) is 59.6 Å². The first kappa shape index (κ1) is 20.2. The van der Waals surface area contributed by atoms with Crippen LogP contribution in [-0.2, 0) is 9.47 Å². The summed E-state index contributed by atoms with van der Waals surface area (Å²) < 4.78 is 11.4. The highest BCUT2D eigenvalue weighted by atomic mass is 16.5. The average Bonchev–Trinajstić information content (AvgIpc) is 2.96. The van der Waals surface area contributed by atoms with Crippen LogP contribution in [-0.4, -0.2) is 38.5 Å². The number of fused-ring (bicyclic) bond motifs is 2. The SMILES string of the molecule is Cc1ccccc1NC(=O)OCCNCCO[C@@H]1C[C@@H]2CC[C@@]1(C)C2(C)C. The van der Waals surface area contributed by atoms with Crippen LogP contribution in [0.2, 0.25) is 0 Å². The van der Waals surface area contributed by atoms with E-state index < -0.39 is 6.09 Å². The van der Waals surface area contributed by atoms with Gasteiger partial charge in [0.15, 0.2) is 0 Å². The summed E-state index contributed by atoms with van der Waals surface area (Å²) in [4.78, 5) is 11.8. The number of ether oxygens (including phenoxy) is 2. The van der Waals surface area contributed by atoms with Crippen molar-refractivity contribution in [2.45, 2.75) is 53.1 Å². The van der Waals surface area contributed by atoms with Gasteiger partial charge >= 0.3 is 6.09 Å². The Morgan fingerprint density at radius 3 is 2.59 bits per heavy atom. The monoisotopic (exact) mass is 374 g/mol. The minimum atomic E-state index is -0.417. The molecule has 0 radical (unpaired) electrons. The molecule has 3 atom stereocenters. The van der Waals surface area contributed by atoms with E-state index >= 15 is 0 Å². The van der Waals surface area contributed by atoms with Gasteiger partial charge in [0.25, 0.3) is 0 Å². The van der Waals surface area contributed by atoms with Gasteiger partial charge in [-0.1, -0.05) is 39.0 Å². The van der Waals surface area contributed by atoms with Crippen LogP contribution in [0, 0.1) is 23.7 Å². The minimum absolute atomic E-state index is 0.314. The summed E-state index contributed by atoms with van der Waals surface area (Å²) in [6.45, 7) is 11.6. The number of rotatable bonds is 8. The van der Waals surface area contributed by atoms with Crippen LogP contribution in [0.15, 0.2) is 24.3 Å². The Morgan fingerprint density at radius 2 is 1.93 bits per heavy atom. The Labute approximate surface area is 163 Å². The molecule has 1 aromatic rings. The molecule has 2 aliphatic rings. The van der Waals surface area contributed by atoms with E-state index in [1.807, 2.05) is 31.2 Å². The molecule has 2 aliphatic carbocycles. The summed E-state index contributed by atoms with van der Waals surface area (Å²) >= 11 is 0. The zero-order valence-electron chi connectivity index (χ0n) is 17.1. The molecule has 150 valence electrons. The predicted octanol–water partition coefficient (Wildman–Crippen LogP) is 4.36.